The third-order valence-electron chi connectivity index (χ3n) is 5.71. The molecular formula is C24H41N7O3S. The SMILES string of the molecule is CCN(CC)CCCS(=O)(=O)N[C@H](Cc1ccccc1)c1nc(CN(C)C(=O)NC(C)C)n(C)n1. The molecule has 2 amide bonds. The summed E-state index contributed by atoms with van der Waals surface area (Å²) in [6.07, 6.45) is 0.967. The van der Waals surface area contributed by atoms with Crippen LogP contribution in [0.2, 0.25) is 0 Å². The van der Waals surface area contributed by atoms with E-state index >= 15 is 0 Å². The lowest BCUT2D eigenvalue weighted by Crippen LogP contribution is -2.40. The van der Waals surface area contributed by atoms with Gasteiger partial charge in [-0.15, -0.1) is 0 Å². The Labute approximate surface area is 210 Å². The number of aromatic nitrogens is 3. The number of rotatable bonds is 14. The van der Waals surface area contributed by atoms with Crippen LogP contribution in [0.15, 0.2) is 30.3 Å². The molecule has 2 rings (SSSR count). The van der Waals surface area contributed by atoms with Gasteiger partial charge >= 0.3 is 6.03 Å². The van der Waals surface area contributed by atoms with Crippen LogP contribution in [0.1, 0.15) is 57.4 Å². The van der Waals surface area contributed by atoms with Crippen molar-refractivity contribution >= 4 is 16.1 Å². The molecule has 1 atom stereocenters. The third kappa shape index (κ3) is 9.58. The Morgan fingerprint density at radius 3 is 2.40 bits per heavy atom. The van der Waals surface area contributed by atoms with Gasteiger partial charge in [-0.05, 0) is 51.9 Å². The standard InChI is InChI=1S/C24H41N7O3S/c1-7-31(8-2)15-12-16-35(33,34)28-21(17-20-13-10-9-11-14-20)23-26-22(30(6)27-23)18-29(5)24(32)25-19(3)4/h9-11,13-14,19,21,28H,7-8,12,15-18H2,1-6H3,(H,25,32)/t21-/m1/s1. The monoisotopic (exact) mass is 507 g/mol. The Kier molecular flexibility index (Phi) is 11.1. The number of aryl methyl sites for hydroxylation is 1. The van der Waals surface area contributed by atoms with E-state index in [2.05, 4.69) is 38.9 Å². The molecule has 0 radical (unpaired) electrons. The first-order chi connectivity index (χ1) is 16.5. The lowest BCUT2D eigenvalue weighted by atomic mass is 10.1. The van der Waals surface area contributed by atoms with E-state index in [0.717, 1.165) is 25.2 Å². The van der Waals surface area contributed by atoms with Gasteiger partial charge in [-0.25, -0.2) is 22.9 Å². The molecule has 11 heteroatoms. The number of amides is 2. The Hall–Kier alpha value is -2.50. The molecule has 2 aromatic rings. The molecule has 0 unspecified atom stereocenters. The van der Waals surface area contributed by atoms with Gasteiger partial charge in [0.05, 0.1) is 18.3 Å². The lowest BCUT2D eigenvalue weighted by Gasteiger charge is -2.19. The number of hydrogen-bond acceptors (Lipinski definition) is 6. The molecule has 0 saturated carbocycles. The fourth-order valence-corrected chi connectivity index (χ4v) is 4.94. The van der Waals surface area contributed by atoms with Crippen LogP contribution >= 0.6 is 0 Å². The van der Waals surface area contributed by atoms with Gasteiger partial charge in [0.1, 0.15) is 5.82 Å². The average Bonchev–Trinajstić information content (AvgIpc) is 3.16. The molecule has 0 saturated heterocycles. The van der Waals surface area contributed by atoms with Crippen LogP contribution in [0.3, 0.4) is 0 Å². The molecule has 0 aliphatic rings. The summed E-state index contributed by atoms with van der Waals surface area (Å²) in [4.78, 5) is 20.6. The predicted molar refractivity (Wildman–Crippen MR) is 138 cm³/mol. The minimum absolute atomic E-state index is 0.0198. The number of nitrogens with one attached hydrogen (secondary N) is 2. The van der Waals surface area contributed by atoms with E-state index in [1.165, 1.54) is 4.90 Å². The van der Waals surface area contributed by atoms with Gasteiger partial charge < -0.3 is 15.1 Å². The molecule has 0 aliphatic heterocycles. The van der Waals surface area contributed by atoms with E-state index in [1.807, 2.05) is 44.2 Å². The molecule has 10 nitrogen and oxygen atoms in total. The molecule has 1 heterocycles. The molecule has 0 bridgehead atoms. The topological polar surface area (TPSA) is 112 Å². The van der Waals surface area contributed by atoms with Gasteiger partial charge in [-0.2, -0.15) is 5.10 Å². The second-order valence-corrected chi connectivity index (χ2v) is 10.9. The molecule has 0 fully saturated rings. The quantitative estimate of drug-likeness (QED) is 0.406. The van der Waals surface area contributed by atoms with Crippen LogP contribution in [0.25, 0.3) is 0 Å². The van der Waals surface area contributed by atoms with Crippen LogP contribution in [0, 0.1) is 0 Å². The van der Waals surface area contributed by atoms with Crippen molar-refractivity contribution in [1.82, 2.24) is 34.6 Å². The highest BCUT2D eigenvalue weighted by molar-refractivity contribution is 7.89. The summed E-state index contributed by atoms with van der Waals surface area (Å²) in [5, 5.41) is 7.36. The van der Waals surface area contributed by atoms with Gasteiger partial charge in [0.15, 0.2) is 5.82 Å². The smallest absolute Gasteiger partial charge is 0.317 e. The lowest BCUT2D eigenvalue weighted by molar-refractivity contribution is 0.202. The summed E-state index contributed by atoms with van der Waals surface area (Å²) in [6.45, 7) is 10.7. The average molecular weight is 508 g/mol. The summed E-state index contributed by atoms with van der Waals surface area (Å²) in [6, 6.07) is 8.86. The zero-order valence-corrected chi connectivity index (χ0v) is 22.7. The number of sulfonamides is 1. The van der Waals surface area contributed by atoms with E-state index in [-0.39, 0.29) is 24.4 Å². The Morgan fingerprint density at radius 1 is 1.14 bits per heavy atom. The summed E-state index contributed by atoms with van der Waals surface area (Å²) in [5.74, 6) is 0.989. The first kappa shape index (κ1) is 28.7. The minimum atomic E-state index is -3.56. The summed E-state index contributed by atoms with van der Waals surface area (Å²) < 4.78 is 30.4. The van der Waals surface area contributed by atoms with E-state index < -0.39 is 16.1 Å². The zero-order valence-electron chi connectivity index (χ0n) is 21.9. The largest absolute Gasteiger partial charge is 0.336 e. The van der Waals surface area contributed by atoms with Crippen molar-refractivity contribution < 1.29 is 13.2 Å². The van der Waals surface area contributed by atoms with E-state index in [9.17, 15) is 13.2 Å². The van der Waals surface area contributed by atoms with Crippen molar-refractivity contribution in [2.75, 3.05) is 32.4 Å². The predicted octanol–water partition coefficient (Wildman–Crippen LogP) is 2.30. The Morgan fingerprint density at radius 2 is 1.80 bits per heavy atom. The van der Waals surface area contributed by atoms with Gasteiger partial charge in [0.2, 0.25) is 10.0 Å². The van der Waals surface area contributed by atoms with E-state index in [1.54, 1.807) is 18.8 Å². The second-order valence-electron chi connectivity index (χ2n) is 9.03. The van der Waals surface area contributed by atoms with Gasteiger partial charge in [0.25, 0.3) is 0 Å². The Bertz CT molecular complexity index is 1020. The summed E-state index contributed by atoms with van der Waals surface area (Å²) >= 11 is 0. The number of hydrogen-bond donors (Lipinski definition) is 2. The van der Waals surface area contributed by atoms with Crippen molar-refractivity contribution in [3.63, 3.8) is 0 Å². The molecule has 1 aromatic carbocycles. The third-order valence-corrected chi connectivity index (χ3v) is 7.17. The molecule has 35 heavy (non-hydrogen) atoms. The van der Waals surface area contributed by atoms with Crippen LogP contribution < -0.4 is 10.0 Å². The number of carbonyl (C=O) groups excluding carboxylic acids is 1. The minimum Gasteiger partial charge on any atom is -0.336 e. The summed E-state index contributed by atoms with van der Waals surface area (Å²) in [5.41, 5.74) is 0.978. The molecule has 0 aliphatic carbocycles. The van der Waals surface area contributed by atoms with Crippen molar-refractivity contribution in [1.29, 1.82) is 0 Å². The fraction of sp³-hybridized carbons (Fsp3) is 0.625. The molecule has 196 valence electrons. The maximum absolute atomic E-state index is 13.0. The van der Waals surface area contributed by atoms with Crippen molar-refractivity contribution in [2.24, 2.45) is 7.05 Å². The fourth-order valence-electron chi connectivity index (χ4n) is 3.69. The molecule has 0 spiro atoms. The van der Waals surface area contributed by atoms with Gasteiger partial charge in [0, 0.05) is 20.1 Å². The normalized spacial score (nSPS) is 12.8. The Balaban J connectivity index is 2.20. The number of nitrogens with zero attached hydrogens (tertiary/aromatic N) is 5. The van der Waals surface area contributed by atoms with Crippen molar-refractivity contribution in [3.05, 3.63) is 47.5 Å². The van der Waals surface area contributed by atoms with Crippen LogP contribution in [-0.2, 0) is 30.0 Å². The zero-order chi connectivity index (χ0) is 26.0. The molecule has 2 N–H and O–H groups in total. The van der Waals surface area contributed by atoms with E-state index in [4.69, 9.17) is 0 Å². The first-order valence-corrected chi connectivity index (χ1v) is 13.9. The number of urea groups is 1. The first-order valence-electron chi connectivity index (χ1n) is 12.2. The van der Waals surface area contributed by atoms with Crippen molar-refractivity contribution in [2.45, 2.75) is 59.2 Å². The highest BCUT2D eigenvalue weighted by Crippen LogP contribution is 2.18. The summed E-state index contributed by atoms with van der Waals surface area (Å²) in [7, 11) is -0.120. The maximum atomic E-state index is 13.0. The highest BCUT2D eigenvalue weighted by atomic mass is 32.2. The van der Waals surface area contributed by atoms with E-state index in [0.29, 0.717) is 24.5 Å². The second kappa shape index (κ2) is 13.6. The number of carbonyl (C=O) groups is 1. The van der Waals surface area contributed by atoms with Crippen LogP contribution in [-0.4, -0.2) is 77.5 Å². The van der Waals surface area contributed by atoms with Gasteiger partial charge in [-0.3, -0.25) is 4.68 Å². The molecular weight excluding hydrogens is 466 g/mol. The van der Waals surface area contributed by atoms with Crippen molar-refractivity contribution in [3.8, 4) is 0 Å². The van der Waals surface area contributed by atoms with Crippen LogP contribution in [0.4, 0.5) is 4.79 Å². The van der Waals surface area contributed by atoms with Crippen LogP contribution in [0.5, 0.6) is 0 Å². The highest BCUT2D eigenvalue weighted by Gasteiger charge is 2.25. The molecule has 1 aromatic heterocycles. The van der Waals surface area contributed by atoms with Gasteiger partial charge in [-0.1, -0.05) is 44.2 Å². The number of benzene rings is 1. The maximum Gasteiger partial charge on any atom is 0.317 e.